The molecule has 4 rings (SSSR count). The van der Waals surface area contributed by atoms with Crippen LogP contribution < -0.4 is 10.1 Å². The van der Waals surface area contributed by atoms with Crippen LogP contribution in [0.1, 0.15) is 56.1 Å². The topological polar surface area (TPSA) is 69.0 Å². The number of anilines is 1. The van der Waals surface area contributed by atoms with Crippen LogP contribution in [0, 0.1) is 0 Å². The smallest absolute Gasteiger partial charge is 0.416 e. The lowest BCUT2D eigenvalue weighted by molar-refractivity contribution is -0.137. The van der Waals surface area contributed by atoms with Crippen LogP contribution >= 0.6 is 0 Å². The van der Waals surface area contributed by atoms with Crippen molar-refractivity contribution in [2.45, 2.75) is 52.3 Å². The zero-order chi connectivity index (χ0) is 27.7. The summed E-state index contributed by atoms with van der Waals surface area (Å²) in [6.07, 6.45) is -4.63. The van der Waals surface area contributed by atoms with E-state index in [1.165, 1.54) is 16.8 Å². The molecule has 0 aliphatic heterocycles. The van der Waals surface area contributed by atoms with Crippen molar-refractivity contribution in [3.8, 4) is 23.1 Å². The average molecular weight is 523 g/mol. The fourth-order valence-corrected chi connectivity index (χ4v) is 3.74. The van der Waals surface area contributed by atoms with E-state index >= 15 is 0 Å². The molecule has 6 nitrogen and oxygen atoms in total. The van der Waals surface area contributed by atoms with Crippen molar-refractivity contribution in [1.82, 2.24) is 14.8 Å². The summed E-state index contributed by atoms with van der Waals surface area (Å²) in [4.78, 5) is 17.1. The van der Waals surface area contributed by atoms with E-state index < -0.39 is 11.7 Å². The first-order valence-electron chi connectivity index (χ1n) is 12.1. The molecule has 9 heteroatoms. The molecule has 0 saturated carbocycles. The summed E-state index contributed by atoms with van der Waals surface area (Å²) in [7, 11) is 0. The Labute approximate surface area is 219 Å². The minimum atomic E-state index is -4.44. The van der Waals surface area contributed by atoms with Gasteiger partial charge in [0.25, 0.3) is 5.91 Å². The number of alkyl halides is 3. The number of rotatable bonds is 6. The Kier molecular flexibility index (Phi) is 7.31. The predicted octanol–water partition coefficient (Wildman–Crippen LogP) is 7.29. The Balaban J connectivity index is 1.58. The van der Waals surface area contributed by atoms with E-state index in [0.717, 1.165) is 17.7 Å². The van der Waals surface area contributed by atoms with E-state index in [4.69, 9.17) is 4.74 Å². The van der Waals surface area contributed by atoms with Gasteiger partial charge in [-0.15, -0.1) is 5.10 Å². The fraction of sp³-hybridized carbons (Fsp3) is 0.276. The van der Waals surface area contributed by atoms with E-state index in [0.29, 0.717) is 28.3 Å². The molecule has 0 bridgehead atoms. The number of amides is 1. The molecule has 1 aromatic heterocycles. The second-order valence-corrected chi connectivity index (χ2v) is 10.2. The second kappa shape index (κ2) is 10.3. The van der Waals surface area contributed by atoms with E-state index in [1.54, 1.807) is 36.4 Å². The van der Waals surface area contributed by atoms with Crippen molar-refractivity contribution in [1.29, 1.82) is 0 Å². The normalized spacial score (nSPS) is 12.0. The van der Waals surface area contributed by atoms with Gasteiger partial charge in [0.15, 0.2) is 5.82 Å². The summed E-state index contributed by atoms with van der Waals surface area (Å²) in [5.74, 6) is 0.0853. The van der Waals surface area contributed by atoms with Crippen LogP contribution in [0.4, 0.5) is 18.9 Å². The first kappa shape index (κ1) is 26.9. The van der Waals surface area contributed by atoms with E-state index in [-0.39, 0.29) is 23.4 Å². The van der Waals surface area contributed by atoms with Crippen LogP contribution in [0.5, 0.6) is 6.01 Å². The third kappa shape index (κ3) is 6.22. The third-order valence-electron chi connectivity index (χ3n) is 5.78. The van der Waals surface area contributed by atoms with Crippen molar-refractivity contribution in [2.75, 3.05) is 5.32 Å². The SMILES string of the molecule is CC(C)Oc1nc(-c2ccc(C(F)(F)F)cc2)n(-c2ccc(NC(=O)c3ccc(C(C)(C)C)cc3)cc2)n1. The molecule has 4 aromatic rings. The van der Waals surface area contributed by atoms with Gasteiger partial charge in [0.2, 0.25) is 0 Å². The highest BCUT2D eigenvalue weighted by Crippen LogP contribution is 2.32. The number of aromatic nitrogens is 3. The molecule has 3 aromatic carbocycles. The maximum atomic E-state index is 13.0. The Bertz CT molecular complexity index is 1400. The minimum absolute atomic E-state index is 0.00844. The summed E-state index contributed by atoms with van der Waals surface area (Å²) in [6.45, 7) is 9.98. The summed E-state index contributed by atoms with van der Waals surface area (Å²) < 4.78 is 46.2. The van der Waals surface area contributed by atoms with Crippen LogP contribution in [0.25, 0.3) is 17.1 Å². The molecule has 0 unspecified atom stereocenters. The molecule has 0 spiro atoms. The standard InChI is InChI=1S/C29H29F3N4O2/c1-18(2)38-27-34-25(19-6-12-22(13-7-19)29(30,31)32)36(35-27)24-16-14-23(15-17-24)33-26(37)20-8-10-21(11-9-20)28(3,4)5/h6-18H,1-5H3,(H,33,37). The Hall–Kier alpha value is -4.14. The molecule has 0 aliphatic rings. The Morgan fingerprint density at radius 2 is 1.45 bits per heavy atom. The summed E-state index contributed by atoms with van der Waals surface area (Å²) in [6, 6.07) is 19.2. The molecular weight excluding hydrogens is 493 g/mol. The van der Waals surface area contributed by atoms with Gasteiger partial charge in [0.1, 0.15) is 0 Å². The number of nitrogens with one attached hydrogen (secondary N) is 1. The summed E-state index contributed by atoms with van der Waals surface area (Å²) >= 11 is 0. The monoisotopic (exact) mass is 522 g/mol. The number of hydrogen-bond acceptors (Lipinski definition) is 4. The van der Waals surface area contributed by atoms with Crippen LogP contribution in [-0.2, 0) is 11.6 Å². The Morgan fingerprint density at radius 1 is 0.868 bits per heavy atom. The molecule has 0 aliphatic carbocycles. The number of halogens is 3. The lowest BCUT2D eigenvalue weighted by Gasteiger charge is -2.19. The van der Waals surface area contributed by atoms with E-state index in [2.05, 4.69) is 36.2 Å². The van der Waals surface area contributed by atoms with Gasteiger partial charge in [-0.2, -0.15) is 18.2 Å². The van der Waals surface area contributed by atoms with Gasteiger partial charge < -0.3 is 10.1 Å². The summed E-state index contributed by atoms with van der Waals surface area (Å²) in [5, 5.41) is 7.29. The van der Waals surface area contributed by atoms with Crippen molar-refractivity contribution >= 4 is 11.6 Å². The van der Waals surface area contributed by atoms with E-state index in [1.807, 2.05) is 26.0 Å². The number of carbonyl (C=O) groups excluding carboxylic acids is 1. The molecular formula is C29H29F3N4O2. The van der Waals surface area contributed by atoms with Gasteiger partial charge >= 0.3 is 12.2 Å². The number of ether oxygens (including phenoxy) is 1. The molecule has 1 heterocycles. The van der Waals surface area contributed by atoms with Gasteiger partial charge in [-0.1, -0.05) is 45.0 Å². The van der Waals surface area contributed by atoms with Gasteiger partial charge in [-0.3, -0.25) is 4.79 Å². The van der Waals surface area contributed by atoms with Gasteiger partial charge in [-0.05, 0) is 73.4 Å². The number of carbonyl (C=O) groups is 1. The van der Waals surface area contributed by atoms with Gasteiger partial charge in [0, 0.05) is 16.8 Å². The third-order valence-corrected chi connectivity index (χ3v) is 5.78. The fourth-order valence-electron chi connectivity index (χ4n) is 3.74. The zero-order valence-corrected chi connectivity index (χ0v) is 21.8. The van der Waals surface area contributed by atoms with Crippen molar-refractivity contribution in [2.24, 2.45) is 0 Å². The predicted molar refractivity (Wildman–Crippen MR) is 141 cm³/mol. The molecule has 0 saturated heterocycles. The Morgan fingerprint density at radius 3 is 1.97 bits per heavy atom. The first-order chi connectivity index (χ1) is 17.8. The molecule has 1 amide bonds. The van der Waals surface area contributed by atoms with Crippen molar-refractivity contribution in [3.63, 3.8) is 0 Å². The maximum Gasteiger partial charge on any atom is 0.416 e. The minimum Gasteiger partial charge on any atom is -0.460 e. The lowest BCUT2D eigenvalue weighted by Crippen LogP contribution is -2.14. The highest BCUT2D eigenvalue weighted by molar-refractivity contribution is 6.04. The maximum absolute atomic E-state index is 13.0. The zero-order valence-electron chi connectivity index (χ0n) is 21.8. The molecule has 38 heavy (non-hydrogen) atoms. The molecule has 1 N–H and O–H groups in total. The number of benzene rings is 3. The van der Waals surface area contributed by atoms with Crippen LogP contribution in [-0.4, -0.2) is 26.8 Å². The van der Waals surface area contributed by atoms with Crippen molar-refractivity contribution in [3.05, 3.63) is 89.5 Å². The largest absolute Gasteiger partial charge is 0.460 e. The number of hydrogen-bond donors (Lipinski definition) is 1. The van der Waals surface area contributed by atoms with E-state index in [9.17, 15) is 18.0 Å². The van der Waals surface area contributed by atoms with Crippen molar-refractivity contribution < 1.29 is 22.7 Å². The van der Waals surface area contributed by atoms with Gasteiger partial charge in [0.05, 0.1) is 17.4 Å². The molecule has 198 valence electrons. The second-order valence-electron chi connectivity index (χ2n) is 10.2. The highest BCUT2D eigenvalue weighted by Gasteiger charge is 2.30. The first-order valence-corrected chi connectivity index (χ1v) is 12.1. The molecule has 0 radical (unpaired) electrons. The number of nitrogens with zero attached hydrogens (tertiary/aromatic N) is 3. The molecule has 0 atom stereocenters. The highest BCUT2D eigenvalue weighted by atomic mass is 19.4. The van der Waals surface area contributed by atoms with Gasteiger partial charge in [-0.25, -0.2) is 4.68 Å². The van der Waals surface area contributed by atoms with Crippen LogP contribution in [0.15, 0.2) is 72.8 Å². The van der Waals surface area contributed by atoms with Crippen LogP contribution in [0.3, 0.4) is 0 Å². The lowest BCUT2D eigenvalue weighted by atomic mass is 9.87. The summed E-state index contributed by atoms with van der Waals surface area (Å²) in [5.41, 5.74) is 2.53. The average Bonchev–Trinajstić information content (AvgIpc) is 3.26. The van der Waals surface area contributed by atoms with Crippen LogP contribution in [0.2, 0.25) is 0 Å². The quantitative estimate of drug-likeness (QED) is 0.289. The molecule has 0 fully saturated rings.